The number of hydrogen-bond acceptors (Lipinski definition) is 6. The summed E-state index contributed by atoms with van der Waals surface area (Å²) < 4.78 is 30.9. The Hall–Kier alpha value is -4.44. The molecule has 0 unspecified atom stereocenters. The van der Waals surface area contributed by atoms with Crippen LogP contribution in [0.25, 0.3) is 11.6 Å². The highest BCUT2D eigenvalue weighted by Crippen LogP contribution is 2.41. The summed E-state index contributed by atoms with van der Waals surface area (Å²) in [6.07, 6.45) is 6.74. The van der Waals surface area contributed by atoms with Gasteiger partial charge in [-0.3, -0.25) is 9.78 Å². The summed E-state index contributed by atoms with van der Waals surface area (Å²) in [6, 6.07) is 27.2. The number of carbonyl (C=O) groups is 1. The Bertz CT molecular complexity index is 1770. The van der Waals surface area contributed by atoms with Crippen molar-refractivity contribution >= 4 is 44.6 Å². The number of fused-ring (bicyclic) bond motifs is 1. The molecule has 0 bridgehead atoms. The van der Waals surface area contributed by atoms with Crippen LogP contribution in [0.4, 0.5) is 5.69 Å². The van der Waals surface area contributed by atoms with Crippen LogP contribution in [0.3, 0.4) is 0 Å². The fraction of sp³-hybridized carbons (Fsp3) is 0.0938. The summed E-state index contributed by atoms with van der Waals surface area (Å²) in [6.45, 7) is 0.0996. The fourth-order valence-electron chi connectivity index (χ4n) is 5.08. The van der Waals surface area contributed by atoms with Gasteiger partial charge >= 0.3 is 0 Å². The van der Waals surface area contributed by atoms with E-state index in [1.54, 1.807) is 56.0 Å². The monoisotopic (exact) mass is 578 g/mol. The summed E-state index contributed by atoms with van der Waals surface area (Å²) in [7, 11) is -2.41. The Morgan fingerprint density at radius 3 is 2.24 bits per heavy atom. The second-order valence-corrected chi connectivity index (χ2v) is 12.4. The van der Waals surface area contributed by atoms with Crippen molar-refractivity contribution in [3.05, 3.63) is 142 Å². The average Bonchev–Trinajstić information content (AvgIpc) is 3.61. The lowest BCUT2D eigenvalue weighted by atomic mass is 9.98. The number of nitrogens with zero attached hydrogens (tertiary/aromatic N) is 4. The van der Waals surface area contributed by atoms with Gasteiger partial charge in [-0.15, -0.1) is 11.3 Å². The normalized spacial score (nSPS) is 14.3. The van der Waals surface area contributed by atoms with Crippen molar-refractivity contribution in [2.45, 2.75) is 17.5 Å². The van der Waals surface area contributed by atoms with E-state index in [2.05, 4.69) is 9.97 Å². The Kier molecular flexibility index (Phi) is 7.32. The Morgan fingerprint density at radius 2 is 1.63 bits per heavy atom. The van der Waals surface area contributed by atoms with Crippen molar-refractivity contribution in [2.24, 2.45) is 0 Å². The molecule has 2 aromatic heterocycles. The predicted octanol–water partition coefficient (Wildman–Crippen LogP) is 6.04. The molecule has 41 heavy (non-hydrogen) atoms. The fourth-order valence-corrected chi connectivity index (χ4v) is 7.26. The lowest BCUT2D eigenvalue weighted by molar-refractivity contribution is -0.112. The molecule has 1 aliphatic heterocycles. The minimum absolute atomic E-state index is 0.0996. The summed E-state index contributed by atoms with van der Waals surface area (Å²) in [5.41, 5.74) is 4.06. The van der Waals surface area contributed by atoms with Crippen molar-refractivity contribution in [2.75, 3.05) is 11.9 Å². The predicted molar refractivity (Wildman–Crippen MR) is 162 cm³/mol. The van der Waals surface area contributed by atoms with E-state index >= 15 is 0 Å². The van der Waals surface area contributed by atoms with E-state index < -0.39 is 16.1 Å². The van der Waals surface area contributed by atoms with E-state index in [0.717, 1.165) is 16.7 Å². The van der Waals surface area contributed by atoms with E-state index in [9.17, 15) is 13.2 Å². The average molecular weight is 579 g/mol. The van der Waals surface area contributed by atoms with Gasteiger partial charge in [0, 0.05) is 43.1 Å². The summed E-state index contributed by atoms with van der Waals surface area (Å²) in [4.78, 5) is 23.3. The van der Waals surface area contributed by atoms with Gasteiger partial charge < -0.3 is 4.90 Å². The van der Waals surface area contributed by atoms with Crippen molar-refractivity contribution < 1.29 is 13.2 Å². The highest BCUT2D eigenvalue weighted by Gasteiger charge is 2.36. The molecule has 5 aromatic rings. The standard InChI is InChI=1S/C32H26N4O3S2/c1-35-29-15-14-26(19-27(29)28(32(35)37)20-30-34-17-18-40-30)41(38,39)36(22-23-9-8-16-33-21-23)31(24-10-4-2-5-11-24)25-12-6-3-7-13-25/h2-21,31H,22H2,1H3/b28-20+. The maximum Gasteiger partial charge on any atom is 0.258 e. The number of hydrogen-bond donors (Lipinski definition) is 0. The van der Waals surface area contributed by atoms with Gasteiger partial charge in [-0.2, -0.15) is 4.31 Å². The molecule has 1 aliphatic rings. The number of amides is 1. The van der Waals surface area contributed by atoms with Crippen molar-refractivity contribution in [3.8, 4) is 0 Å². The number of carbonyl (C=O) groups excluding carboxylic acids is 1. The number of rotatable bonds is 8. The first-order chi connectivity index (χ1) is 19.9. The molecule has 0 fully saturated rings. The molecule has 0 saturated carbocycles. The lowest BCUT2D eigenvalue weighted by Gasteiger charge is -2.32. The van der Waals surface area contributed by atoms with Crippen LogP contribution in [-0.2, 0) is 21.4 Å². The summed E-state index contributed by atoms with van der Waals surface area (Å²) in [5.74, 6) is -0.205. The molecule has 0 aliphatic carbocycles. The molecule has 0 radical (unpaired) electrons. The van der Waals surface area contributed by atoms with E-state index in [-0.39, 0.29) is 17.3 Å². The van der Waals surface area contributed by atoms with Gasteiger partial charge in [0.1, 0.15) is 5.01 Å². The zero-order chi connectivity index (χ0) is 28.4. The number of anilines is 1. The Labute approximate surface area is 243 Å². The zero-order valence-corrected chi connectivity index (χ0v) is 23.8. The van der Waals surface area contributed by atoms with Gasteiger partial charge in [0.2, 0.25) is 10.0 Å². The molecule has 1 amide bonds. The molecular weight excluding hydrogens is 553 g/mol. The first kappa shape index (κ1) is 26.8. The quantitative estimate of drug-likeness (QED) is 0.210. The maximum absolute atomic E-state index is 14.7. The van der Waals surface area contributed by atoms with Crippen LogP contribution >= 0.6 is 11.3 Å². The highest BCUT2D eigenvalue weighted by atomic mass is 32.2. The second-order valence-electron chi connectivity index (χ2n) is 9.61. The largest absolute Gasteiger partial charge is 0.311 e. The zero-order valence-electron chi connectivity index (χ0n) is 22.2. The molecular formula is C32H26N4O3S2. The van der Waals surface area contributed by atoms with Gasteiger partial charge in [0.05, 0.1) is 22.2 Å². The Morgan fingerprint density at radius 1 is 0.927 bits per heavy atom. The van der Waals surface area contributed by atoms with Gasteiger partial charge in [-0.1, -0.05) is 66.7 Å². The van der Waals surface area contributed by atoms with Gasteiger partial charge in [0.15, 0.2) is 0 Å². The van der Waals surface area contributed by atoms with Crippen LogP contribution in [0.5, 0.6) is 0 Å². The highest BCUT2D eigenvalue weighted by molar-refractivity contribution is 7.89. The minimum Gasteiger partial charge on any atom is -0.311 e. The van der Waals surface area contributed by atoms with Crippen LogP contribution in [0.2, 0.25) is 0 Å². The molecule has 0 saturated heterocycles. The third-order valence-corrected chi connectivity index (χ3v) is 9.59. The maximum atomic E-state index is 14.7. The number of pyridine rings is 1. The number of sulfonamides is 1. The molecule has 6 rings (SSSR count). The van der Waals surface area contributed by atoms with Crippen molar-refractivity contribution in [3.63, 3.8) is 0 Å². The van der Waals surface area contributed by atoms with E-state index in [1.165, 1.54) is 20.5 Å². The Balaban J connectivity index is 1.52. The number of benzene rings is 3. The molecule has 3 aromatic carbocycles. The first-order valence-corrected chi connectivity index (χ1v) is 15.3. The van der Waals surface area contributed by atoms with Gasteiger partial charge in [-0.05, 0) is 47.0 Å². The van der Waals surface area contributed by atoms with E-state index in [1.807, 2.05) is 72.1 Å². The topological polar surface area (TPSA) is 83.5 Å². The minimum atomic E-state index is -4.10. The first-order valence-electron chi connectivity index (χ1n) is 13.0. The molecule has 9 heteroatoms. The molecule has 3 heterocycles. The lowest BCUT2D eigenvalue weighted by Crippen LogP contribution is -2.35. The van der Waals surface area contributed by atoms with Crippen LogP contribution in [0.1, 0.15) is 33.3 Å². The van der Waals surface area contributed by atoms with Crippen LogP contribution in [0.15, 0.2) is 120 Å². The SMILES string of the molecule is CN1C(=O)/C(=C/c2nccs2)c2cc(S(=O)(=O)N(Cc3cccnc3)C(c3ccccc3)c3ccccc3)ccc21. The molecule has 204 valence electrons. The van der Waals surface area contributed by atoms with Crippen molar-refractivity contribution in [1.82, 2.24) is 14.3 Å². The van der Waals surface area contributed by atoms with Gasteiger partial charge in [-0.25, -0.2) is 13.4 Å². The molecule has 7 nitrogen and oxygen atoms in total. The van der Waals surface area contributed by atoms with Crippen LogP contribution < -0.4 is 4.90 Å². The summed E-state index contributed by atoms with van der Waals surface area (Å²) >= 11 is 1.41. The molecule has 0 spiro atoms. The molecule has 0 atom stereocenters. The van der Waals surface area contributed by atoms with E-state index in [0.29, 0.717) is 21.8 Å². The number of likely N-dealkylation sites (N-methyl/N-ethyl adjacent to an activating group) is 1. The smallest absolute Gasteiger partial charge is 0.258 e. The number of aromatic nitrogens is 2. The third kappa shape index (κ3) is 5.22. The number of thiazole rings is 1. The van der Waals surface area contributed by atoms with Crippen LogP contribution in [0, 0.1) is 0 Å². The summed E-state index contributed by atoms with van der Waals surface area (Å²) in [5, 5.41) is 2.51. The van der Waals surface area contributed by atoms with Crippen LogP contribution in [-0.4, -0.2) is 35.6 Å². The van der Waals surface area contributed by atoms with E-state index in [4.69, 9.17) is 0 Å². The second kappa shape index (κ2) is 11.2. The molecule has 0 N–H and O–H groups in total. The van der Waals surface area contributed by atoms with Crippen molar-refractivity contribution in [1.29, 1.82) is 0 Å². The van der Waals surface area contributed by atoms with Gasteiger partial charge in [0.25, 0.3) is 5.91 Å². The third-order valence-electron chi connectivity index (χ3n) is 7.06.